The maximum absolute atomic E-state index is 5.03. The molecule has 61 valence electrons. The van der Waals surface area contributed by atoms with Gasteiger partial charge in [-0.2, -0.15) is 0 Å². The van der Waals surface area contributed by atoms with Gasteiger partial charge in [-0.05, 0) is 18.2 Å². The van der Waals surface area contributed by atoms with E-state index in [9.17, 15) is 0 Å². The maximum atomic E-state index is 5.03. The molecule has 0 N–H and O–H groups in total. The van der Waals surface area contributed by atoms with Crippen LogP contribution in [-0.2, 0) is 4.74 Å². The standard InChI is InChI=1S/C8H6BrN2O/c1-12-8-6-4-5(9)2-3-7(6)10-11-8/h2-4H,1H3. The van der Waals surface area contributed by atoms with Crippen LogP contribution in [-0.4, -0.2) is 13.0 Å². The maximum Gasteiger partial charge on any atom is 0.242 e. The Morgan fingerprint density at radius 3 is 3.00 bits per heavy atom. The van der Waals surface area contributed by atoms with Gasteiger partial charge in [0.25, 0.3) is 0 Å². The van der Waals surface area contributed by atoms with Gasteiger partial charge in [0, 0.05) is 4.47 Å². The number of hydrogen-bond donors (Lipinski definition) is 0. The summed E-state index contributed by atoms with van der Waals surface area (Å²) in [5.41, 5.74) is 5.73. The van der Waals surface area contributed by atoms with E-state index < -0.39 is 0 Å². The van der Waals surface area contributed by atoms with Gasteiger partial charge in [-0.3, -0.25) is 0 Å². The van der Waals surface area contributed by atoms with Crippen LogP contribution in [0.3, 0.4) is 0 Å². The second kappa shape index (κ2) is 2.79. The molecule has 0 unspecified atom stereocenters. The lowest BCUT2D eigenvalue weighted by Crippen LogP contribution is -1.98. The molecule has 0 atom stereocenters. The highest BCUT2D eigenvalue weighted by atomic mass is 79.9. The Morgan fingerprint density at radius 2 is 2.25 bits per heavy atom. The van der Waals surface area contributed by atoms with E-state index in [-0.39, 0.29) is 0 Å². The molecule has 1 heterocycles. The van der Waals surface area contributed by atoms with Crippen molar-refractivity contribution in [2.45, 2.75) is 0 Å². The van der Waals surface area contributed by atoms with Gasteiger partial charge in [0.15, 0.2) is 0 Å². The first-order valence-corrected chi connectivity index (χ1v) is 4.23. The number of ether oxygens (including phenoxy) is 1. The van der Waals surface area contributed by atoms with E-state index in [2.05, 4.69) is 26.5 Å². The van der Waals surface area contributed by atoms with Gasteiger partial charge in [0.2, 0.25) is 5.90 Å². The average Bonchev–Trinajstić information content (AvgIpc) is 2.46. The van der Waals surface area contributed by atoms with Crippen LogP contribution in [0.5, 0.6) is 0 Å². The molecule has 0 bridgehead atoms. The third-order valence-electron chi connectivity index (χ3n) is 1.63. The minimum Gasteiger partial charge on any atom is -0.479 e. The van der Waals surface area contributed by atoms with E-state index in [1.807, 2.05) is 18.2 Å². The average molecular weight is 226 g/mol. The van der Waals surface area contributed by atoms with E-state index in [0.717, 1.165) is 15.7 Å². The zero-order valence-electron chi connectivity index (χ0n) is 6.41. The summed E-state index contributed by atoms with van der Waals surface area (Å²) in [6.07, 6.45) is 0. The van der Waals surface area contributed by atoms with Crippen LogP contribution in [0.4, 0.5) is 5.69 Å². The molecule has 0 fully saturated rings. The minimum atomic E-state index is 0.575. The summed E-state index contributed by atoms with van der Waals surface area (Å²) in [6, 6.07) is 5.76. The third-order valence-corrected chi connectivity index (χ3v) is 2.12. The van der Waals surface area contributed by atoms with Crippen molar-refractivity contribution in [2.24, 2.45) is 5.10 Å². The summed E-state index contributed by atoms with van der Waals surface area (Å²) in [4.78, 5) is 0. The number of fused-ring (bicyclic) bond motifs is 1. The Balaban J connectivity index is 2.50. The number of rotatable bonds is 0. The predicted molar refractivity (Wildman–Crippen MR) is 49.5 cm³/mol. The van der Waals surface area contributed by atoms with Crippen molar-refractivity contribution in [3.63, 3.8) is 0 Å². The molecule has 3 nitrogen and oxygen atoms in total. The Hall–Kier alpha value is -1.03. The Bertz CT molecular complexity index is 349. The number of nitrogens with zero attached hydrogens (tertiary/aromatic N) is 2. The van der Waals surface area contributed by atoms with Crippen molar-refractivity contribution in [3.05, 3.63) is 28.2 Å². The normalized spacial score (nSPS) is 13.3. The van der Waals surface area contributed by atoms with Gasteiger partial charge in [-0.25, -0.2) is 0 Å². The molecular formula is C8H6BrN2O. The zero-order chi connectivity index (χ0) is 8.55. The topological polar surface area (TPSA) is 35.7 Å². The fourth-order valence-corrected chi connectivity index (χ4v) is 1.43. The fraction of sp³-hybridized carbons (Fsp3) is 0.125. The first-order valence-electron chi connectivity index (χ1n) is 3.44. The highest BCUT2D eigenvalue weighted by Crippen LogP contribution is 2.25. The molecule has 0 spiro atoms. The molecule has 4 heteroatoms. The van der Waals surface area contributed by atoms with Crippen molar-refractivity contribution in [3.8, 4) is 0 Å². The predicted octanol–water partition coefficient (Wildman–Crippen LogP) is 2.01. The van der Waals surface area contributed by atoms with E-state index >= 15 is 0 Å². The van der Waals surface area contributed by atoms with Crippen LogP contribution in [0.2, 0.25) is 0 Å². The summed E-state index contributed by atoms with van der Waals surface area (Å²) in [6.45, 7) is 0. The first kappa shape index (κ1) is 7.61. The second-order valence-electron chi connectivity index (χ2n) is 2.37. The van der Waals surface area contributed by atoms with Crippen LogP contribution in [0, 0.1) is 0 Å². The summed E-state index contributed by atoms with van der Waals surface area (Å²) in [5, 5.41) is 3.86. The lowest BCUT2D eigenvalue weighted by atomic mass is 10.2. The molecule has 12 heavy (non-hydrogen) atoms. The number of halogens is 1. The van der Waals surface area contributed by atoms with Crippen LogP contribution in [0.25, 0.3) is 0 Å². The highest BCUT2D eigenvalue weighted by molar-refractivity contribution is 9.10. The smallest absolute Gasteiger partial charge is 0.242 e. The Kier molecular flexibility index (Phi) is 1.77. The van der Waals surface area contributed by atoms with Crippen molar-refractivity contribution in [1.29, 1.82) is 0 Å². The lowest BCUT2D eigenvalue weighted by molar-refractivity contribution is 0.404. The van der Waals surface area contributed by atoms with E-state index in [1.165, 1.54) is 0 Å². The number of methoxy groups -OCH3 is 1. The first-order chi connectivity index (χ1) is 5.81. The zero-order valence-corrected chi connectivity index (χ0v) is 8.00. The van der Waals surface area contributed by atoms with Crippen LogP contribution < -0.4 is 5.43 Å². The second-order valence-corrected chi connectivity index (χ2v) is 3.29. The van der Waals surface area contributed by atoms with Crippen molar-refractivity contribution in [1.82, 2.24) is 5.43 Å². The van der Waals surface area contributed by atoms with Crippen molar-refractivity contribution >= 4 is 27.5 Å². The molecule has 0 aliphatic carbocycles. The highest BCUT2D eigenvalue weighted by Gasteiger charge is 2.17. The minimum absolute atomic E-state index is 0.575. The fourth-order valence-electron chi connectivity index (χ4n) is 1.07. The monoisotopic (exact) mass is 225 g/mol. The summed E-state index contributed by atoms with van der Waals surface area (Å²) < 4.78 is 6.03. The summed E-state index contributed by atoms with van der Waals surface area (Å²) in [7, 11) is 1.59. The van der Waals surface area contributed by atoms with Gasteiger partial charge >= 0.3 is 0 Å². The van der Waals surface area contributed by atoms with Gasteiger partial charge in [0.05, 0.1) is 18.4 Å². The molecule has 0 saturated heterocycles. The molecule has 1 aliphatic rings. The SMILES string of the molecule is COC1=N[N]c2ccc(Br)cc21. The van der Waals surface area contributed by atoms with Gasteiger partial charge in [-0.1, -0.05) is 15.9 Å². The summed E-state index contributed by atoms with van der Waals surface area (Å²) in [5.74, 6) is 0.575. The molecule has 1 aromatic carbocycles. The Labute approximate surface area is 78.6 Å². The Morgan fingerprint density at radius 1 is 1.42 bits per heavy atom. The quantitative estimate of drug-likeness (QED) is 0.666. The molecule has 0 saturated carbocycles. The molecule has 0 amide bonds. The summed E-state index contributed by atoms with van der Waals surface area (Å²) >= 11 is 3.37. The molecule has 1 aliphatic heterocycles. The molecule has 0 aromatic heterocycles. The molecule has 1 radical (unpaired) electrons. The van der Waals surface area contributed by atoms with E-state index in [0.29, 0.717) is 5.90 Å². The largest absolute Gasteiger partial charge is 0.479 e. The third kappa shape index (κ3) is 1.08. The molecule has 1 aromatic rings. The molecule has 2 rings (SSSR count). The van der Waals surface area contributed by atoms with Crippen LogP contribution in [0.15, 0.2) is 27.8 Å². The van der Waals surface area contributed by atoms with E-state index in [4.69, 9.17) is 4.74 Å². The van der Waals surface area contributed by atoms with Gasteiger partial charge < -0.3 is 4.74 Å². The van der Waals surface area contributed by atoms with Crippen molar-refractivity contribution in [2.75, 3.05) is 7.11 Å². The lowest BCUT2D eigenvalue weighted by Gasteiger charge is -1.99. The van der Waals surface area contributed by atoms with Crippen LogP contribution in [0.1, 0.15) is 5.56 Å². The van der Waals surface area contributed by atoms with Gasteiger partial charge in [0.1, 0.15) is 0 Å². The van der Waals surface area contributed by atoms with Crippen molar-refractivity contribution < 1.29 is 4.74 Å². The number of benzene rings is 1. The van der Waals surface area contributed by atoms with E-state index in [1.54, 1.807) is 7.11 Å². The van der Waals surface area contributed by atoms with Gasteiger partial charge in [-0.15, -0.1) is 10.5 Å². The van der Waals surface area contributed by atoms with Crippen LogP contribution >= 0.6 is 15.9 Å². The molecular weight excluding hydrogens is 220 g/mol. The number of hydrogen-bond acceptors (Lipinski definition) is 2.